The van der Waals surface area contributed by atoms with E-state index in [4.69, 9.17) is 14.2 Å². The molecule has 0 spiro atoms. The van der Waals surface area contributed by atoms with E-state index >= 15 is 0 Å². The lowest BCUT2D eigenvalue weighted by atomic mass is 10.1. The Labute approximate surface area is 131 Å². The van der Waals surface area contributed by atoms with E-state index in [0.717, 1.165) is 12.0 Å². The van der Waals surface area contributed by atoms with Crippen LogP contribution in [0.25, 0.3) is 0 Å². The van der Waals surface area contributed by atoms with Crippen molar-refractivity contribution in [1.82, 2.24) is 10.6 Å². The summed E-state index contributed by atoms with van der Waals surface area (Å²) in [4.78, 5) is 11.8. The lowest BCUT2D eigenvalue weighted by Gasteiger charge is -2.32. The number of amides is 2. The Morgan fingerprint density at radius 3 is 2.95 bits per heavy atom. The SMILES string of the molecule is COCCNC(=O)N[C@@H]1CCOC[C@H]1OCc1ccccc1. The van der Waals surface area contributed by atoms with E-state index in [1.54, 1.807) is 7.11 Å². The number of carbonyl (C=O) groups is 1. The quantitative estimate of drug-likeness (QED) is 0.745. The van der Waals surface area contributed by atoms with E-state index < -0.39 is 0 Å². The molecule has 1 aromatic rings. The molecule has 1 fully saturated rings. The molecule has 1 saturated heterocycles. The van der Waals surface area contributed by atoms with Crippen LogP contribution in [0.3, 0.4) is 0 Å². The third-order valence-electron chi connectivity index (χ3n) is 3.52. The van der Waals surface area contributed by atoms with Gasteiger partial charge in [-0.2, -0.15) is 0 Å². The van der Waals surface area contributed by atoms with Gasteiger partial charge in [0.15, 0.2) is 0 Å². The second-order valence-electron chi connectivity index (χ2n) is 5.20. The first-order valence-corrected chi connectivity index (χ1v) is 7.56. The monoisotopic (exact) mass is 308 g/mol. The molecule has 6 heteroatoms. The predicted octanol–water partition coefficient (Wildman–Crippen LogP) is 1.31. The van der Waals surface area contributed by atoms with Gasteiger partial charge in [-0.25, -0.2) is 4.79 Å². The average molecular weight is 308 g/mol. The zero-order valence-corrected chi connectivity index (χ0v) is 12.9. The van der Waals surface area contributed by atoms with Crippen molar-refractivity contribution < 1.29 is 19.0 Å². The fourth-order valence-electron chi connectivity index (χ4n) is 2.30. The molecule has 1 aliphatic rings. The summed E-state index contributed by atoms with van der Waals surface area (Å²) in [5, 5.41) is 5.71. The van der Waals surface area contributed by atoms with Crippen LogP contribution < -0.4 is 10.6 Å². The molecule has 0 bridgehead atoms. The maximum absolute atomic E-state index is 11.8. The number of nitrogens with one attached hydrogen (secondary N) is 2. The first kappa shape index (κ1) is 16.7. The summed E-state index contributed by atoms with van der Waals surface area (Å²) in [6, 6.07) is 9.73. The lowest BCUT2D eigenvalue weighted by molar-refractivity contribution is -0.0730. The van der Waals surface area contributed by atoms with E-state index in [-0.39, 0.29) is 18.2 Å². The second-order valence-corrected chi connectivity index (χ2v) is 5.20. The fraction of sp³-hybridized carbons (Fsp3) is 0.562. The highest BCUT2D eigenvalue weighted by Gasteiger charge is 2.27. The Bertz CT molecular complexity index is 441. The van der Waals surface area contributed by atoms with Gasteiger partial charge in [0.2, 0.25) is 0 Å². The highest BCUT2D eigenvalue weighted by atomic mass is 16.5. The molecule has 0 aliphatic carbocycles. The van der Waals surface area contributed by atoms with Gasteiger partial charge in [0.25, 0.3) is 0 Å². The molecule has 1 aliphatic heterocycles. The first-order valence-electron chi connectivity index (χ1n) is 7.56. The standard InChI is InChI=1S/C16H24N2O4/c1-20-10-8-17-16(19)18-14-7-9-21-12-15(14)22-11-13-5-3-2-4-6-13/h2-6,14-15H,7-12H2,1H3,(H2,17,18,19)/t14-,15-/m1/s1. The smallest absolute Gasteiger partial charge is 0.315 e. The minimum Gasteiger partial charge on any atom is -0.383 e. The molecule has 1 heterocycles. The van der Waals surface area contributed by atoms with Crippen LogP contribution in [0.2, 0.25) is 0 Å². The Kier molecular flexibility index (Phi) is 7.15. The molecule has 2 atom stereocenters. The second kappa shape index (κ2) is 9.40. The Morgan fingerprint density at radius 2 is 2.18 bits per heavy atom. The third kappa shape index (κ3) is 5.63. The van der Waals surface area contributed by atoms with Gasteiger partial charge in [0, 0.05) is 20.3 Å². The minimum absolute atomic E-state index is 0.0417. The number of rotatable bonds is 7. The largest absolute Gasteiger partial charge is 0.383 e. The highest BCUT2D eigenvalue weighted by Crippen LogP contribution is 2.14. The van der Waals surface area contributed by atoms with Crippen LogP contribution >= 0.6 is 0 Å². The molecule has 0 radical (unpaired) electrons. The van der Waals surface area contributed by atoms with Gasteiger partial charge in [0.05, 0.1) is 25.9 Å². The lowest BCUT2D eigenvalue weighted by Crippen LogP contribution is -2.52. The summed E-state index contributed by atoms with van der Waals surface area (Å²) in [5.41, 5.74) is 1.11. The number of ether oxygens (including phenoxy) is 3. The van der Waals surface area contributed by atoms with Crippen LogP contribution in [0.4, 0.5) is 4.79 Å². The molecule has 2 rings (SSSR count). The van der Waals surface area contributed by atoms with Gasteiger partial charge >= 0.3 is 6.03 Å². The zero-order valence-electron chi connectivity index (χ0n) is 12.9. The van der Waals surface area contributed by atoms with Crippen LogP contribution in [-0.4, -0.2) is 51.7 Å². The van der Waals surface area contributed by atoms with Crippen molar-refractivity contribution >= 4 is 6.03 Å². The molecule has 0 saturated carbocycles. The Hall–Kier alpha value is -1.63. The summed E-state index contributed by atoms with van der Waals surface area (Å²) in [6.45, 7) is 2.62. The molecule has 6 nitrogen and oxygen atoms in total. The van der Waals surface area contributed by atoms with Gasteiger partial charge in [-0.1, -0.05) is 30.3 Å². The summed E-state index contributed by atoms with van der Waals surface area (Å²) < 4.78 is 16.3. The minimum atomic E-state index is -0.197. The molecular formula is C16H24N2O4. The van der Waals surface area contributed by atoms with Crippen molar-refractivity contribution in [2.75, 3.05) is 33.5 Å². The number of methoxy groups -OCH3 is 1. The molecule has 122 valence electrons. The van der Waals surface area contributed by atoms with E-state index in [1.807, 2.05) is 30.3 Å². The van der Waals surface area contributed by atoms with Crippen LogP contribution in [0.1, 0.15) is 12.0 Å². The van der Waals surface area contributed by atoms with Crippen molar-refractivity contribution in [1.29, 1.82) is 0 Å². The van der Waals surface area contributed by atoms with Crippen molar-refractivity contribution in [3.63, 3.8) is 0 Å². The Balaban J connectivity index is 1.79. The molecule has 0 unspecified atom stereocenters. The van der Waals surface area contributed by atoms with Gasteiger partial charge in [-0.05, 0) is 12.0 Å². The van der Waals surface area contributed by atoms with Crippen LogP contribution in [-0.2, 0) is 20.8 Å². The van der Waals surface area contributed by atoms with Crippen LogP contribution in [0, 0.1) is 0 Å². The topological polar surface area (TPSA) is 68.8 Å². The van der Waals surface area contributed by atoms with Crippen LogP contribution in [0.5, 0.6) is 0 Å². The number of hydrogen-bond acceptors (Lipinski definition) is 4. The average Bonchev–Trinajstić information content (AvgIpc) is 2.55. The van der Waals surface area contributed by atoms with E-state index in [1.165, 1.54) is 0 Å². The molecule has 0 aromatic heterocycles. The molecule has 2 amide bonds. The van der Waals surface area contributed by atoms with Crippen molar-refractivity contribution in [3.05, 3.63) is 35.9 Å². The van der Waals surface area contributed by atoms with Gasteiger partial charge in [-0.15, -0.1) is 0 Å². The zero-order chi connectivity index (χ0) is 15.6. The summed E-state index contributed by atoms with van der Waals surface area (Å²) in [5.74, 6) is 0. The van der Waals surface area contributed by atoms with E-state index in [9.17, 15) is 4.79 Å². The van der Waals surface area contributed by atoms with Gasteiger partial charge in [-0.3, -0.25) is 0 Å². The number of urea groups is 1. The van der Waals surface area contributed by atoms with Crippen molar-refractivity contribution in [3.8, 4) is 0 Å². The fourth-order valence-corrected chi connectivity index (χ4v) is 2.30. The van der Waals surface area contributed by atoms with Gasteiger partial charge in [0.1, 0.15) is 6.10 Å². The maximum Gasteiger partial charge on any atom is 0.315 e. The number of hydrogen-bond donors (Lipinski definition) is 2. The van der Waals surface area contributed by atoms with Gasteiger partial charge < -0.3 is 24.8 Å². The number of carbonyl (C=O) groups excluding carboxylic acids is 1. The highest BCUT2D eigenvalue weighted by molar-refractivity contribution is 5.74. The van der Waals surface area contributed by atoms with Crippen LogP contribution in [0.15, 0.2) is 30.3 Å². The first-order chi connectivity index (χ1) is 10.8. The summed E-state index contributed by atoms with van der Waals surface area (Å²) in [7, 11) is 1.60. The molecular weight excluding hydrogens is 284 g/mol. The number of benzene rings is 1. The third-order valence-corrected chi connectivity index (χ3v) is 3.52. The summed E-state index contributed by atoms with van der Waals surface area (Å²) in [6.07, 6.45) is 0.610. The molecule has 1 aromatic carbocycles. The predicted molar refractivity (Wildman–Crippen MR) is 82.7 cm³/mol. The van der Waals surface area contributed by atoms with Crippen molar-refractivity contribution in [2.24, 2.45) is 0 Å². The normalized spacial score (nSPS) is 21.3. The maximum atomic E-state index is 11.8. The van der Waals surface area contributed by atoms with Crippen molar-refractivity contribution in [2.45, 2.75) is 25.2 Å². The van der Waals surface area contributed by atoms with E-state index in [0.29, 0.717) is 33.0 Å². The molecule has 22 heavy (non-hydrogen) atoms. The summed E-state index contributed by atoms with van der Waals surface area (Å²) >= 11 is 0. The molecule has 2 N–H and O–H groups in total. The Morgan fingerprint density at radius 1 is 1.36 bits per heavy atom. The van der Waals surface area contributed by atoms with E-state index in [2.05, 4.69) is 10.6 Å².